The summed E-state index contributed by atoms with van der Waals surface area (Å²) >= 11 is 0. The van der Waals surface area contributed by atoms with Crippen LogP contribution in [0.4, 0.5) is 0 Å². The third kappa shape index (κ3) is 6.16. The van der Waals surface area contributed by atoms with Gasteiger partial charge in [-0.15, -0.1) is 0 Å². The molecule has 0 saturated carbocycles. The molecule has 1 unspecified atom stereocenters. The zero-order valence-corrected chi connectivity index (χ0v) is 12.6. The van der Waals surface area contributed by atoms with Crippen LogP contribution in [0, 0.1) is 5.92 Å². The van der Waals surface area contributed by atoms with E-state index in [1.54, 1.807) is 0 Å². The number of rotatable bonds is 9. The molecule has 1 N–H and O–H groups in total. The second-order valence-corrected chi connectivity index (χ2v) is 5.37. The van der Waals surface area contributed by atoms with Gasteiger partial charge in [0.2, 0.25) is 5.89 Å². The Hall–Kier alpha value is -0.940. The van der Waals surface area contributed by atoms with E-state index in [0.717, 1.165) is 38.3 Å². The van der Waals surface area contributed by atoms with Crippen LogP contribution in [0.25, 0.3) is 0 Å². The van der Waals surface area contributed by atoms with Crippen molar-refractivity contribution in [2.24, 2.45) is 5.92 Å². The molecule has 0 aromatic carbocycles. The zero-order chi connectivity index (χ0) is 14.3. The van der Waals surface area contributed by atoms with E-state index < -0.39 is 6.10 Å². The summed E-state index contributed by atoms with van der Waals surface area (Å²) in [5, 5.41) is 13.8. The summed E-state index contributed by atoms with van der Waals surface area (Å²) in [5.74, 6) is 1.75. The maximum Gasteiger partial charge on any atom is 0.229 e. The molecule has 0 bridgehead atoms. The zero-order valence-electron chi connectivity index (χ0n) is 12.6. The van der Waals surface area contributed by atoms with Crippen LogP contribution in [-0.4, -0.2) is 45.9 Å². The fourth-order valence-corrected chi connectivity index (χ4v) is 2.10. The predicted octanol–water partition coefficient (Wildman–Crippen LogP) is 1.90. The largest absolute Gasteiger partial charge is 0.393 e. The molecular weight excluding hydrogens is 242 g/mol. The second-order valence-electron chi connectivity index (χ2n) is 5.37. The minimum Gasteiger partial charge on any atom is -0.393 e. The molecule has 0 amide bonds. The summed E-state index contributed by atoms with van der Waals surface area (Å²) < 4.78 is 5.18. The van der Waals surface area contributed by atoms with E-state index in [-0.39, 0.29) is 0 Å². The molecule has 0 aliphatic rings. The summed E-state index contributed by atoms with van der Waals surface area (Å²) in [4.78, 5) is 6.66. The molecule has 0 aliphatic heterocycles. The minimum atomic E-state index is -0.393. The summed E-state index contributed by atoms with van der Waals surface area (Å²) in [7, 11) is 0. The number of nitrogens with zero attached hydrogens (tertiary/aromatic N) is 3. The quantitative estimate of drug-likeness (QED) is 0.742. The van der Waals surface area contributed by atoms with Crippen molar-refractivity contribution in [1.29, 1.82) is 0 Å². The Balaban J connectivity index is 2.39. The van der Waals surface area contributed by atoms with E-state index in [0.29, 0.717) is 18.2 Å². The molecule has 110 valence electrons. The van der Waals surface area contributed by atoms with Gasteiger partial charge in [0.1, 0.15) is 0 Å². The Kier molecular flexibility index (Phi) is 7.02. The van der Waals surface area contributed by atoms with Gasteiger partial charge in [0, 0.05) is 13.0 Å². The normalized spacial score (nSPS) is 13.4. The average Bonchev–Trinajstić information content (AvgIpc) is 2.77. The standard InChI is InChI=1S/C14H27N3O2/c1-5-17(6-2)8-7-13-15-14(19-16-13)10-12(18)9-11(3)4/h11-12,18H,5-10H2,1-4H3. The number of hydrogen-bond donors (Lipinski definition) is 1. The van der Waals surface area contributed by atoms with Crippen LogP contribution in [-0.2, 0) is 12.8 Å². The molecule has 1 atom stereocenters. The molecule has 1 rings (SSSR count). The summed E-state index contributed by atoms with van der Waals surface area (Å²) in [6.45, 7) is 11.5. The number of aromatic nitrogens is 2. The van der Waals surface area contributed by atoms with Crippen LogP contribution in [0.15, 0.2) is 4.52 Å². The van der Waals surface area contributed by atoms with Gasteiger partial charge in [0.15, 0.2) is 5.82 Å². The van der Waals surface area contributed by atoms with Gasteiger partial charge in [-0.1, -0.05) is 32.9 Å². The topological polar surface area (TPSA) is 62.4 Å². The van der Waals surface area contributed by atoms with E-state index in [1.165, 1.54) is 0 Å². The van der Waals surface area contributed by atoms with Gasteiger partial charge in [0.25, 0.3) is 0 Å². The highest BCUT2D eigenvalue weighted by molar-refractivity contribution is 4.89. The molecule has 1 aromatic rings. The lowest BCUT2D eigenvalue weighted by molar-refractivity contribution is 0.138. The number of aliphatic hydroxyl groups is 1. The van der Waals surface area contributed by atoms with Crippen LogP contribution in [0.5, 0.6) is 0 Å². The molecule has 0 saturated heterocycles. The Morgan fingerprint density at radius 3 is 2.53 bits per heavy atom. The summed E-state index contributed by atoms with van der Waals surface area (Å²) in [6.07, 6.45) is 1.62. The molecule has 0 spiro atoms. The van der Waals surface area contributed by atoms with Crippen molar-refractivity contribution in [3.63, 3.8) is 0 Å². The molecular formula is C14H27N3O2. The first-order chi connectivity index (χ1) is 9.05. The molecule has 0 radical (unpaired) electrons. The fourth-order valence-electron chi connectivity index (χ4n) is 2.10. The van der Waals surface area contributed by atoms with Crippen molar-refractivity contribution in [3.8, 4) is 0 Å². The highest BCUT2D eigenvalue weighted by atomic mass is 16.5. The molecule has 5 nitrogen and oxygen atoms in total. The van der Waals surface area contributed by atoms with E-state index in [2.05, 4.69) is 42.7 Å². The van der Waals surface area contributed by atoms with Crippen molar-refractivity contribution >= 4 is 0 Å². The number of hydrogen-bond acceptors (Lipinski definition) is 5. The van der Waals surface area contributed by atoms with Gasteiger partial charge in [-0.3, -0.25) is 0 Å². The van der Waals surface area contributed by atoms with Gasteiger partial charge in [-0.05, 0) is 25.4 Å². The lowest BCUT2D eigenvalue weighted by atomic mass is 10.0. The van der Waals surface area contributed by atoms with Gasteiger partial charge >= 0.3 is 0 Å². The van der Waals surface area contributed by atoms with Crippen molar-refractivity contribution in [2.45, 2.75) is 53.1 Å². The maximum absolute atomic E-state index is 9.84. The van der Waals surface area contributed by atoms with Gasteiger partial charge in [-0.25, -0.2) is 0 Å². The van der Waals surface area contributed by atoms with Crippen LogP contribution in [0.3, 0.4) is 0 Å². The highest BCUT2D eigenvalue weighted by Gasteiger charge is 2.14. The van der Waals surface area contributed by atoms with E-state index in [4.69, 9.17) is 4.52 Å². The first-order valence-corrected chi connectivity index (χ1v) is 7.27. The smallest absolute Gasteiger partial charge is 0.229 e. The van der Waals surface area contributed by atoms with Crippen molar-refractivity contribution in [1.82, 2.24) is 15.0 Å². The van der Waals surface area contributed by atoms with Crippen LogP contribution in [0.2, 0.25) is 0 Å². The predicted molar refractivity (Wildman–Crippen MR) is 75.0 cm³/mol. The monoisotopic (exact) mass is 269 g/mol. The first kappa shape index (κ1) is 16.1. The Bertz CT molecular complexity index is 348. The molecule has 0 fully saturated rings. The summed E-state index contributed by atoms with van der Waals surface area (Å²) in [6, 6.07) is 0. The van der Waals surface area contributed by atoms with Crippen LogP contribution < -0.4 is 0 Å². The van der Waals surface area contributed by atoms with Crippen LogP contribution >= 0.6 is 0 Å². The Morgan fingerprint density at radius 1 is 1.26 bits per heavy atom. The van der Waals surface area contributed by atoms with Crippen molar-refractivity contribution < 1.29 is 9.63 Å². The highest BCUT2D eigenvalue weighted by Crippen LogP contribution is 2.10. The SMILES string of the molecule is CCN(CC)CCc1noc(CC(O)CC(C)C)n1. The van der Waals surface area contributed by atoms with Crippen molar-refractivity contribution in [3.05, 3.63) is 11.7 Å². The van der Waals surface area contributed by atoms with Crippen LogP contribution in [0.1, 0.15) is 45.8 Å². The Labute approximate surface area is 116 Å². The first-order valence-electron chi connectivity index (χ1n) is 7.27. The van der Waals surface area contributed by atoms with Gasteiger partial charge < -0.3 is 14.5 Å². The maximum atomic E-state index is 9.84. The minimum absolute atomic E-state index is 0.393. The lowest BCUT2D eigenvalue weighted by Gasteiger charge is -2.16. The summed E-state index contributed by atoms with van der Waals surface area (Å²) in [5.41, 5.74) is 0. The second kappa shape index (κ2) is 8.27. The van der Waals surface area contributed by atoms with Gasteiger partial charge in [-0.2, -0.15) is 4.98 Å². The van der Waals surface area contributed by atoms with E-state index >= 15 is 0 Å². The Morgan fingerprint density at radius 2 is 1.95 bits per heavy atom. The average molecular weight is 269 g/mol. The third-order valence-electron chi connectivity index (χ3n) is 3.21. The lowest BCUT2D eigenvalue weighted by Crippen LogP contribution is -2.25. The van der Waals surface area contributed by atoms with Gasteiger partial charge in [0.05, 0.1) is 12.5 Å². The molecule has 0 aliphatic carbocycles. The number of aliphatic hydroxyl groups excluding tert-OH is 1. The van der Waals surface area contributed by atoms with Crippen molar-refractivity contribution in [2.75, 3.05) is 19.6 Å². The molecule has 19 heavy (non-hydrogen) atoms. The third-order valence-corrected chi connectivity index (χ3v) is 3.21. The molecule has 1 heterocycles. The van der Waals surface area contributed by atoms with E-state index in [1.807, 2.05) is 0 Å². The number of likely N-dealkylation sites (N-methyl/N-ethyl adjacent to an activating group) is 1. The molecule has 5 heteroatoms. The fraction of sp³-hybridized carbons (Fsp3) is 0.857. The molecule has 1 aromatic heterocycles. The van der Waals surface area contributed by atoms with E-state index in [9.17, 15) is 5.11 Å².